The van der Waals surface area contributed by atoms with Gasteiger partial charge < -0.3 is 14.2 Å². The average molecular weight is 493 g/mol. The number of carbonyl (C=O) groups excluding carboxylic acids is 3. The van der Waals surface area contributed by atoms with Crippen LogP contribution in [0.2, 0.25) is 0 Å². The standard InChI is InChI=1S/C30H36O6/c1-9-10-11-21-18-22(25(34-8)19-26(21)36-28(33)30(5,6)7)14-17-24(31)20-12-15-23(16-13-20)35-27(32)29(2,3)4/h9-10,12-19H,11H2,1-8H3/b10-9+,17-14+. The number of hydrogen-bond acceptors (Lipinski definition) is 6. The molecule has 2 rings (SSSR count). The molecule has 0 aliphatic carbocycles. The van der Waals surface area contributed by atoms with Crippen LogP contribution in [-0.4, -0.2) is 24.8 Å². The lowest BCUT2D eigenvalue weighted by Crippen LogP contribution is -2.26. The van der Waals surface area contributed by atoms with Crippen LogP contribution in [0, 0.1) is 10.8 Å². The van der Waals surface area contributed by atoms with Crippen LogP contribution in [0.1, 0.15) is 70.0 Å². The first kappa shape index (κ1) is 28.6. The molecule has 0 aliphatic heterocycles. The molecule has 0 spiro atoms. The zero-order valence-corrected chi connectivity index (χ0v) is 22.4. The van der Waals surface area contributed by atoms with Gasteiger partial charge >= 0.3 is 11.9 Å². The molecule has 0 bridgehead atoms. The summed E-state index contributed by atoms with van der Waals surface area (Å²) in [5.41, 5.74) is 0.644. The Hall–Kier alpha value is -3.67. The predicted molar refractivity (Wildman–Crippen MR) is 141 cm³/mol. The lowest BCUT2D eigenvalue weighted by atomic mass is 9.97. The summed E-state index contributed by atoms with van der Waals surface area (Å²) < 4.78 is 16.5. The van der Waals surface area contributed by atoms with Gasteiger partial charge in [0.15, 0.2) is 5.78 Å². The summed E-state index contributed by atoms with van der Waals surface area (Å²) in [6, 6.07) is 9.94. The smallest absolute Gasteiger partial charge is 0.316 e. The van der Waals surface area contributed by atoms with E-state index in [1.807, 2.05) is 25.1 Å². The Balaban J connectivity index is 2.29. The summed E-state index contributed by atoms with van der Waals surface area (Å²) in [4.78, 5) is 37.3. The van der Waals surface area contributed by atoms with Gasteiger partial charge in [0, 0.05) is 17.2 Å². The van der Waals surface area contributed by atoms with E-state index >= 15 is 0 Å². The molecule has 0 aliphatic rings. The van der Waals surface area contributed by atoms with Gasteiger partial charge in [-0.2, -0.15) is 0 Å². The average Bonchev–Trinajstić information content (AvgIpc) is 2.80. The zero-order valence-electron chi connectivity index (χ0n) is 22.4. The fourth-order valence-electron chi connectivity index (χ4n) is 2.89. The van der Waals surface area contributed by atoms with Crippen LogP contribution < -0.4 is 14.2 Å². The fourth-order valence-corrected chi connectivity index (χ4v) is 2.89. The molecular weight excluding hydrogens is 456 g/mol. The molecule has 192 valence electrons. The lowest BCUT2D eigenvalue weighted by molar-refractivity contribution is -0.143. The number of allylic oxidation sites excluding steroid dienone is 3. The first-order valence-corrected chi connectivity index (χ1v) is 11.9. The number of ether oxygens (including phenoxy) is 3. The van der Waals surface area contributed by atoms with Crippen molar-refractivity contribution in [2.45, 2.75) is 54.9 Å². The van der Waals surface area contributed by atoms with Crippen LogP contribution in [0.15, 0.2) is 54.6 Å². The van der Waals surface area contributed by atoms with Gasteiger partial charge in [-0.25, -0.2) is 0 Å². The maximum absolute atomic E-state index is 12.8. The maximum atomic E-state index is 12.8. The van der Waals surface area contributed by atoms with Crippen molar-refractivity contribution in [1.29, 1.82) is 0 Å². The van der Waals surface area contributed by atoms with Crippen LogP contribution in [0.3, 0.4) is 0 Å². The van der Waals surface area contributed by atoms with Crippen LogP contribution in [0.5, 0.6) is 17.2 Å². The van der Waals surface area contributed by atoms with Gasteiger partial charge in [0.05, 0.1) is 17.9 Å². The summed E-state index contributed by atoms with van der Waals surface area (Å²) in [6.07, 6.45) is 7.55. The van der Waals surface area contributed by atoms with E-state index in [2.05, 4.69) is 0 Å². The third-order valence-corrected chi connectivity index (χ3v) is 5.18. The Labute approximate surface area is 214 Å². The summed E-state index contributed by atoms with van der Waals surface area (Å²) in [7, 11) is 1.52. The van der Waals surface area contributed by atoms with Gasteiger partial charge in [-0.1, -0.05) is 12.2 Å². The zero-order chi connectivity index (χ0) is 27.1. The van der Waals surface area contributed by atoms with Gasteiger partial charge in [0.2, 0.25) is 0 Å². The Bertz CT molecular complexity index is 1160. The largest absolute Gasteiger partial charge is 0.496 e. The quantitative estimate of drug-likeness (QED) is 0.136. The van der Waals surface area contributed by atoms with Crippen molar-refractivity contribution in [3.8, 4) is 17.2 Å². The molecule has 0 aromatic heterocycles. The van der Waals surface area contributed by atoms with Crippen molar-refractivity contribution in [1.82, 2.24) is 0 Å². The van der Waals surface area contributed by atoms with E-state index in [0.29, 0.717) is 34.8 Å². The molecule has 0 heterocycles. The fraction of sp³-hybridized carbons (Fsp3) is 0.367. The molecule has 0 saturated carbocycles. The molecule has 0 atom stereocenters. The number of benzene rings is 2. The summed E-state index contributed by atoms with van der Waals surface area (Å²) >= 11 is 0. The maximum Gasteiger partial charge on any atom is 0.316 e. The highest BCUT2D eigenvalue weighted by atomic mass is 16.5. The minimum atomic E-state index is -0.656. The molecule has 0 radical (unpaired) electrons. The minimum absolute atomic E-state index is 0.219. The van der Waals surface area contributed by atoms with E-state index in [9.17, 15) is 14.4 Å². The van der Waals surface area contributed by atoms with Crippen molar-refractivity contribution in [2.24, 2.45) is 10.8 Å². The Kier molecular flexibility index (Phi) is 9.40. The Morgan fingerprint density at radius 3 is 1.94 bits per heavy atom. The van der Waals surface area contributed by atoms with E-state index in [-0.39, 0.29) is 17.7 Å². The summed E-state index contributed by atoms with van der Waals surface area (Å²) in [6.45, 7) is 12.6. The van der Waals surface area contributed by atoms with Crippen molar-refractivity contribution < 1.29 is 28.6 Å². The van der Waals surface area contributed by atoms with Gasteiger partial charge in [0.25, 0.3) is 0 Å². The van der Waals surface area contributed by atoms with E-state index in [4.69, 9.17) is 14.2 Å². The summed E-state index contributed by atoms with van der Waals surface area (Å²) in [5.74, 6) is 0.369. The third-order valence-electron chi connectivity index (χ3n) is 5.18. The Morgan fingerprint density at radius 2 is 1.42 bits per heavy atom. The minimum Gasteiger partial charge on any atom is -0.496 e. The molecule has 0 saturated heterocycles. The molecule has 0 unspecified atom stereocenters. The molecule has 2 aromatic rings. The number of hydrogen-bond donors (Lipinski definition) is 0. The number of ketones is 1. The van der Waals surface area contributed by atoms with Crippen molar-refractivity contribution in [3.63, 3.8) is 0 Å². The first-order valence-electron chi connectivity index (χ1n) is 11.9. The number of methoxy groups -OCH3 is 1. The second-order valence-electron chi connectivity index (χ2n) is 10.5. The summed E-state index contributed by atoms with van der Waals surface area (Å²) in [5, 5.41) is 0. The van der Waals surface area contributed by atoms with Crippen molar-refractivity contribution in [2.75, 3.05) is 7.11 Å². The van der Waals surface area contributed by atoms with E-state index in [1.54, 1.807) is 78.0 Å². The topological polar surface area (TPSA) is 78.9 Å². The highest BCUT2D eigenvalue weighted by Gasteiger charge is 2.25. The molecule has 0 N–H and O–H groups in total. The highest BCUT2D eigenvalue weighted by molar-refractivity contribution is 6.07. The molecule has 0 amide bonds. The van der Waals surface area contributed by atoms with Gasteiger partial charge in [0.1, 0.15) is 17.2 Å². The van der Waals surface area contributed by atoms with E-state index in [1.165, 1.54) is 13.2 Å². The van der Waals surface area contributed by atoms with Crippen LogP contribution in [0.25, 0.3) is 6.08 Å². The van der Waals surface area contributed by atoms with Crippen LogP contribution >= 0.6 is 0 Å². The highest BCUT2D eigenvalue weighted by Crippen LogP contribution is 2.32. The van der Waals surface area contributed by atoms with E-state index in [0.717, 1.165) is 5.56 Å². The Morgan fingerprint density at radius 1 is 0.833 bits per heavy atom. The van der Waals surface area contributed by atoms with Crippen molar-refractivity contribution in [3.05, 3.63) is 71.3 Å². The lowest BCUT2D eigenvalue weighted by Gasteiger charge is -2.19. The van der Waals surface area contributed by atoms with Gasteiger partial charge in [-0.3, -0.25) is 14.4 Å². The monoisotopic (exact) mass is 492 g/mol. The normalized spacial score (nSPS) is 12.1. The number of rotatable bonds is 8. The molecule has 6 heteroatoms. The molecule has 0 fully saturated rings. The second-order valence-corrected chi connectivity index (χ2v) is 10.5. The van der Waals surface area contributed by atoms with Crippen molar-refractivity contribution >= 4 is 23.8 Å². The predicted octanol–water partition coefficient (Wildman–Crippen LogP) is 6.61. The molecule has 36 heavy (non-hydrogen) atoms. The van der Waals surface area contributed by atoms with E-state index < -0.39 is 10.8 Å². The molecular formula is C30H36O6. The third kappa shape index (κ3) is 7.94. The van der Waals surface area contributed by atoms with Crippen LogP contribution in [0.4, 0.5) is 0 Å². The SMILES string of the molecule is C/C=C/Cc1cc(/C=C/C(=O)c2ccc(OC(=O)C(C)(C)C)cc2)c(OC)cc1OC(=O)C(C)(C)C. The first-order chi connectivity index (χ1) is 16.8. The molecule has 2 aromatic carbocycles. The second kappa shape index (κ2) is 11.8. The van der Waals surface area contributed by atoms with Crippen LogP contribution in [-0.2, 0) is 16.0 Å². The number of esters is 2. The van der Waals surface area contributed by atoms with Gasteiger partial charge in [-0.15, -0.1) is 0 Å². The molecule has 6 nitrogen and oxygen atoms in total. The van der Waals surface area contributed by atoms with Gasteiger partial charge in [-0.05, 0) is 103 Å². The number of carbonyl (C=O) groups is 3.